The van der Waals surface area contributed by atoms with Crippen LogP contribution in [0, 0.1) is 0 Å². The molecule has 0 saturated carbocycles. The number of thiazole rings is 1. The Balaban J connectivity index is 1.91. The minimum absolute atomic E-state index is 0.610. The van der Waals surface area contributed by atoms with Crippen molar-refractivity contribution < 1.29 is 0 Å². The Morgan fingerprint density at radius 2 is 2.16 bits per heavy atom. The van der Waals surface area contributed by atoms with E-state index < -0.39 is 0 Å². The number of nitrogens with zero attached hydrogens (tertiary/aromatic N) is 2. The first-order valence-electron chi connectivity index (χ1n) is 5.77. The second-order valence-corrected chi connectivity index (χ2v) is 5.00. The van der Waals surface area contributed by atoms with Crippen LogP contribution in [0.5, 0.6) is 0 Å². The van der Waals surface area contributed by atoms with Crippen LogP contribution >= 0.6 is 23.6 Å². The molecule has 0 aliphatic heterocycles. The molecule has 0 fully saturated rings. The van der Waals surface area contributed by atoms with E-state index in [2.05, 4.69) is 27.2 Å². The summed E-state index contributed by atoms with van der Waals surface area (Å²) in [6.07, 6.45) is 5.30. The summed E-state index contributed by atoms with van der Waals surface area (Å²) < 4.78 is 0. The molecule has 6 heteroatoms. The van der Waals surface area contributed by atoms with Gasteiger partial charge in [0.25, 0.3) is 0 Å². The molecular weight excluding hydrogens is 276 g/mol. The van der Waals surface area contributed by atoms with E-state index >= 15 is 0 Å². The van der Waals surface area contributed by atoms with Gasteiger partial charge in [-0.15, -0.1) is 17.9 Å². The molecule has 98 valence electrons. The van der Waals surface area contributed by atoms with E-state index in [1.165, 1.54) is 0 Å². The Hall–Kier alpha value is -1.79. The van der Waals surface area contributed by atoms with Crippen molar-refractivity contribution in [2.45, 2.75) is 6.54 Å². The van der Waals surface area contributed by atoms with Gasteiger partial charge in [-0.05, 0) is 24.4 Å². The second kappa shape index (κ2) is 6.96. The van der Waals surface area contributed by atoms with Crippen molar-refractivity contribution in [1.82, 2.24) is 20.6 Å². The minimum atomic E-state index is 0.610. The molecule has 0 aliphatic carbocycles. The van der Waals surface area contributed by atoms with Crippen LogP contribution in [-0.2, 0) is 6.54 Å². The van der Waals surface area contributed by atoms with Gasteiger partial charge in [0.05, 0.1) is 12.2 Å². The molecule has 2 N–H and O–H groups in total. The molecule has 0 unspecified atom stereocenters. The maximum absolute atomic E-state index is 5.12. The number of thiocarbonyl (C=S) groups is 1. The monoisotopic (exact) mass is 290 g/mol. The van der Waals surface area contributed by atoms with Gasteiger partial charge in [-0.3, -0.25) is 4.98 Å². The van der Waals surface area contributed by atoms with Gasteiger partial charge in [0, 0.05) is 29.9 Å². The number of nitrogens with one attached hydrogen (secondary N) is 2. The fourth-order valence-electron chi connectivity index (χ4n) is 1.41. The number of pyridine rings is 1. The summed E-state index contributed by atoms with van der Waals surface area (Å²) in [7, 11) is 0. The van der Waals surface area contributed by atoms with Crippen molar-refractivity contribution in [3.8, 4) is 10.6 Å². The predicted molar refractivity (Wildman–Crippen MR) is 83.0 cm³/mol. The highest BCUT2D eigenvalue weighted by Crippen LogP contribution is 2.22. The van der Waals surface area contributed by atoms with Crippen molar-refractivity contribution in [1.29, 1.82) is 0 Å². The molecule has 2 rings (SSSR count). The van der Waals surface area contributed by atoms with E-state index in [-0.39, 0.29) is 0 Å². The summed E-state index contributed by atoms with van der Waals surface area (Å²) in [6, 6.07) is 3.90. The molecule has 0 saturated heterocycles. The smallest absolute Gasteiger partial charge is 0.166 e. The molecule has 0 amide bonds. The topological polar surface area (TPSA) is 49.8 Å². The molecule has 0 aromatic carbocycles. The highest BCUT2D eigenvalue weighted by atomic mass is 32.1. The van der Waals surface area contributed by atoms with Crippen LogP contribution in [0.1, 0.15) is 5.69 Å². The maximum Gasteiger partial charge on any atom is 0.166 e. The normalized spacial score (nSPS) is 9.89. The molecule has 19 heavy (non-hydrogen) atoms. The molecule has 0 bridgehead atoms. The zero-order chi connectivity index (χ0) is 13.5. The predicted octanol–water partition coefficient (Wildman–Crippen LogP) is 2.36. The maximum atomic E-state index is 5.12. The van der Waals surface area contributed by atoms with Gasteiger partial charge in [0.15, 0.2) is 5.11 Å². The average Bonchev–Trinajstić information content (AvgIpc) is 2.93. The van der Waals surface area contributed by atoms with Crippen LogP contribution in [0.25, 0.3) is 10.6 Å². The summed E-state index contributed by atoms with van der Waals surface area (Å²) in [4.78, 5) is 8.55. The fraction of sp³-hybridized carbons (Fsp3) is 0.154. The molecule has 0 aliphatic rings. The molecule has 0 radical (unpaired) electrons. The summed E-state index contributed by atoms with van der Waals surface area (Å²) in [5.74, 6) is 0. The van der Waals surface area contributed by atoms with Crippen molar-refractivity contribution >= 4 is 28.7 Å². The van der Waals surface area contributed by atoms with E-state index in [0.717, 1.165) is 16.3 Å². The Labute approximate surface area is 121 Å². The van der Waals surface area contributed by atoms with E-state index in [1.807, 2.05) is 17.5 Å². The van der Waals surface area contributed by atoms with Crippen molar-refractivity contribution in [3.05, 3.63) is 48.3 Å². The largest absolute Gasteiger partial charge is 0.359 e. The standard InChI is InChI=1S/C13H14N4S2/c1-2-5-15-13(18)16-8-11-9-19-12(17-11)10-3-6-14-7-4-10/h2-4,6-7,9H,1,5,8H2,(H2,15,16,18). The summed E-state index contributed by atoms with van der Waals surface area (Å²) in [5.41, 5.74) is 2.05. The lowest BCUT2D eigenvalue weighted by atomic mass is 10.3. The summed E-state index contributed by atoms with van der Waals surface area (Å²) >= 11 is 6.73. The molecule has 0 atom stereocenters. The number of hydrogen-bond donors (Lipinski definition) is 2. The van der Waals surface area contributed by atoms with Gasteiger partial charge in [-0.25, -0.2) is 4.98 Å². The zero-order valence-electron chi connectivity index (χ0n) is 10.3. The lowest BCUT2D eigenvalue weighted by Gasteiger charge is -2.06. The quantitative estimate of drug-likeness (QED) is 0.654. The molecular formula is C13H14N4S2. The molecule has 0 spiro atoms. The molecule has 2 aromatic heterocycles. The van der Waals surface area contributed by atoms with Gasteiger partial charge in [0.1, 0.15) is 5.01 Å². The second-order valence-electron chi connectivity index (χ2n) is 3.73. The minimum Gasteiger partial charge on any atom is -0.359 e. The third-order valence-corrected chi connectivity index (χ3v) is 3.54. The lowest BCUT2D eigenvalue weighted by molar-refractivity contribution is 0.852. The van der Waals surface area contributed by atoms with Crippen LogP contribution in [0.4, 0.5) is 0 Å². The van der Waals surface area contributed by atoms with Crippen LogP contribution in [0.3, 0.4) is 0 Å². The van der Waals surface area contributed by atoms with Crippen LogP contribution in [0.2, 0.25) is 0 Å². The molecule has 2 aromatic rings. The van der Waals surface area contributed by atoms with E-state index in [4.69, 9.17) is 12.2 Å². The SMILES string of the molecule is C=CCNC(=S)NCc1csc(-c2ccncc2)n1. The van der Waals surface area contributed by atoms with E-state index in [1.54, 1.807) is 29.8 Å². The summed E-state index contributed by atoms with van der Waals surface area (Å²) in [6.45, 7) is 4.90. The first-order chi connectivity index (χ1) is 9.29. The Kier molecular flexibility index (Phi) is 5.00. The van der Waals surface area contributed by atoms with Crippen LogP contribution < -0.4 is 10.6 Å². The number of hydrogen-bond acceptors (Lipinski definition) is 4. The first-order valence-corrected chi connectivity index (χ1v) is 7.06. The number of aromatic nitrogens is 2. The van der Waals surface area contributed by atoms with Crippen molar-refractivity contribution in [2.24, 2.45) is 0 Å². The van der Waals surface area contributed by atoms with Gasteiger partial charge in [-0.1, -0.05) is 6.08 Å². The lowest BCUT2D eigenvalue weighted by Crippen LogP contribution is -2.34. The number of rotatable bonds is 5. The van der Waals surface area contributed by atoms with E-state index in [0.29, 0.717) is 18.2 Å². The van der Waals surface area contributed by atoms with Gasteiger partial charge >= 0.3 is 0 Å². The zero-order valence-corrected chi connectivity index (χ0v) is 11.9. The Morgan fingerprint density at radius 3 is 2.89 bits per heavy atom. The van der Waals surface area contributed by atoms with Crippen molar-refractivity contribution in [3.63, 3.8) is 0 Å². The third-order valence-electron chi connectivity index (χ3n) is 2.32. The average molecular weight is 290 g/mol. The third kappa shape index (κ3) is 4.11. The van der Waals surface area contributed by atoms with Gasteiger partial charge < -0.3 is 10.6 Å². The first kappa shape index (κ1) is 13.6. The highest BCUT2D eigenvalue weighted by molar-refractivity contribution is 7.80. The fourth-order valence-corrected chi connectivity index (χ4v) is 2.39. The molecule has 2 heterocycles. The van der Waals surface area contributed by atoms with Gasteiger partial charge in [0.2, 0.25) is 0 Å². The highest BCUT2D eigenvalue weighted by Gasteiger charge is 2.04. The van der Waals surface area contributed by atoms with Gasteiger partial charge in [-0.2, -0.15) is 0 Å². The Morgan fingerprint density at radius 1 is 1.37 bits per heavy atom. The summed E-state index contributed by atoms with van der Waals surface area (Å²) in [5, 5.41) is 9.74. The van der Waals surface area contributed by atoms with E-state index in [9.17, 15) is 0 Å². The van der Waals surface area contributed by atoms with Crippen LogP contribution in [-0.4, -0.2) is 21.6 Å². The van der Waals surface area contributed by atoms with Crippen molar-refractivity contribution in [2.75, 3.05) is 6.54 Å². The molecule has 4 nitrogen and oxygen atoms in total. The Bertz CT molecular complexity index is 551. The van der Waals surface area contributed by atoms with Crippen LogP contribution in [0.15, 0.2) is 42.6 Å².